The van der Waals surface area contributed by atoms with Gasteiger partial charge in [0.25, 0.3) is 5.91 Å². The number of carbonyl (C=O) groups is 1. The van der Waals surface area contributed by atoms with E-state index >= 15 is 4.39 Å². The van der Waals surface area contributed by atoms with Gasteiger partial charge in [0.15, 0.2) is 17.3 Å². The Balaban J connectivity index is 1.43. The van der Waals surface area contributed by atoms with E-state index in [4.69, 9.17) is 4.74 Å². The van der Waals surface area contributed by atoms with E-state index in [0.29, 0.717) is 48.1 Å². The third-order valence-electron chi connectivity index (χ3n) is 8.45. The second-order valence-corrected chi connectivity index (χ2v) is 11.4. The molecule has 0 aliphatic carbocycles. The van der Waals surface area contributed by atoms with Crippen molar-refractivity contribution in [1.82, 2.24) is 19.9 Å². The first kappa shape index (κ1) is 28.3. The van der Waals surface area contributed by atoms with Crippen LogP contribution in [0.3, 0.4) is 0 Å². The van der Waals surface area contributed by atoms with Gasteiger partial charge in [0.1, 0.15) is 16.8 Å². The maximum absolute atomic E-state index is 16.1. The fraction of sp³-hybridized carbons (Fsp3) is 0.364. The third kappa shape index (κ3) is 5.31. The van der Waals surface area contributed by atoms with E-state index in [-0.39, 0.29) is 28.3 Å². The van der Waals surface area contributed by atoms with Crippen molar-refractivity contribution in [3.63, 3.8) is 0 Å². The molecule has 1 saturated heterocycles. The lowest BCUT2D eigenvalue weighted by atomic mass is 10.0. The number of amides is 1. The zero-order valence-corrected chi connectivity index (χ0v) is 24.3. The highest BCUT2D eigenvalue weighted by atomic mass is 19.1. The summed E-state index contributed by atoms with van der Waals surface area (Å²) >= 11 is 0. The van der Waals surface area contributed by atoms with Crippen molar-refractivity contribution < 1.29 is 13.9 Å². The SMILES string of the molecule is CCCCC(C)CCNC(=O)c1cn2c3c(c(N4CCC(c5cnccn5)C4)c(F)cc3c1=O)Oc1ccc(C#N)cc1-2. The average Bonchev–Trinajstić information content (AvgIpc) is 3.51. The maximum atomic E-state index is 16.1. The van der Waals surface area contributed by atoms with Crippen LogP contribution in [0.5, 0.6) is 11.5 Å². The van der Waals surface area contributed by atoms with Gasteiger partial charge in [0.05, 0.1) is 28.4 Å². The predicted molar refractivity (Wildman–Crippen MR) is 162 cm³/mol. The molecule has 220 valence electrons. The van der Waals surface area contributed by atoms with Gasteiger partial charge in [0.2, 0.25) is 5.43 Å². The summed E-state index contributed by atoms with van der Waals surface area (Å²) in [6, 6.07) is 8.25. The average molecular weight is 581 g/mol. The van der Waals surface area contributed by atoms with Crippen molar-refractivity contribution in [3.05, 3.63) is 81.9 Å². The molecular formula is C33H33FN6O3. The molecule has 1 fully saturated rings. The van der Waals surface area contributed by atoms with Crippen molar-refractivity contribution in [2.24, 2.45) is 5.92 Å². The lowest BCUT2D eigenvalue weighted by Crippen LogP contribution is -2.32. The second kappa shape index (κ2) is 11.8. The zero-order chi connectivity index (χ0) is 30.1. The second-order valence-electron chi connectivity index (χ2n) is 11.4. The molecule has 2 aromatic carbocycles. The van der Waals surface area contributed by atoms with E-state index in [1.54, 1.807) is 41.4 Å². The highest BCUT2D eigenvalue weighted by Gasteiger charge is 2.34. The highest BCUT2D eigenvalue weighted by Crippen LogP contribution is 2.48. The summed E-state index contributed by atoms with van der Waals surface area (Å²) in [6.07, 6.45) is 11.3. The molecule has 4 aromatic rings. The van der Waals surface area contributed by atoms with Gasteiger partial charge in [-0.1, -0.05) is 33.1 Å². The molecule has 2 atom stereocenters. The Labute approximate surface area is 248 Å². The van der Waals surface area contributed by atoms with Crippen molar-refractivity contribution in [2.45, 2.75) is 51.9 Å². The van der Waals surface area contributed by atoms with Crippen LogP contribution < -0.4 is 20.4 Å². The Bertz CT molecular complexity index is 1800. The molecule has 1 N–H and O–H groups in total. The molecule has 0 radical (unpaired) electrons. The zero-order valence-electron chi connectivity index (χ0n) is 24.3. The van der Waals surface area contributed by atoms with Gasteiger partial charge >= 0.3 is 0 Å². The maximum Gasteiger partial charge on any atom is 0.256 e. The molecule has 6 rings (SSSR count). The monoisotopic (exact) mass is 580 g/mol. The Morgan fingerprint density at radius 3 is 2.91 bits per heavy atom. The standard InChI is InChI=1S/C33H33FN6O3/c1-3-4-5-20(2)8-10-38-33(42)24-19-40-27-14-21(16-35)6-7-28(27)43-32-29(40)23(31(24)41)15-25(34)30(32)39-13-9-22(18-39)26-17-36-11-12-37-26/h6-7,11-12,14-15,17,19-20,22H,3-5,8-10,13,18H2,1-2H3,(H,38,42). The van der Waals surface area contributed by atoms with Crippen LogP contribution in [0, 0.1) is 23.1 Å². The first-order valence-electron chi connectivity index (χ1n) is 14.8. The van der Waals surface area contributed by atoms with E-state index in [1.165, 1.54) is 12.3 Å². The van der Waals surface area contributed by atoms with E-state index in [2.05, 4.69) is 35.2 Å². The van der Waals surface area contributed by atoms with Crippen LogP contribution in [-0.2, 0) is 0 Å². The fourth-order valence-corrected chi connectivity index (χ4v) is 6.08. The summed E-state index contributed by atoms with van der Waals surface area (Å²) in [5.74, 6) is -0.0137. The Kier molecular flexibility index (Phi) is 7.80. The lowest BCUT2D eigenvalue weighted by molar-refractivity contribution is 0.0950. The molecule has 0 spiro atoms. The molecule has 2 aliphatic rings. The number of hydrogen-bond donors (Lipinski definition) is 1. The molecule has 1 amide bonds. The van der Waals surface area contributed by atoms with Crippen LogP contribution in [0.25, 0.3) is 16.6 Å². The van der Waals surface area contributed by atoms with E-state index in [1.807, 2.05) is 4.90 Å². The number of anilines is 1. The lowest BCUT2D eigenvalue weighted by Gasteiger charge is -2.29. The van der Waals surface area contributed by atoms with Gasteiger partial charge in [-0.15, -0.1) is 0 Å². The molecule has 9 nitrogen and oxygen atoms in total. The number of unbranched alkanes of at least 4 members (excludes halogenated alkanes) is 1. The van der Waals surface area contributed by atoms with Gasteiger partial charge in [-0.3, -0.25) is 19.6 Å². The van der Waals surface area contributed by atoms with E-state index in [0.717, 1.165) is 37.8 Å². The Morgan fingerprint density at radius 1 is 1.28 bits per heavy atom. The van der Waals surface area contributed by atoms with Gasteiger partial charge in [0, 0.05) is 50.3 Å². The number of pyridine rings is 1. The topological polar surface area (TPSA) is 113 Å². The highest BCUT2D eigenvalue weighted by molar-refractivity contribution is 6.01. The first-order chi connectivity index (χ1) is 20.9. The molecule has 43 heavy (non-hydrogen) atoms. The number of ether oxygens (including phenoxy) is 1. The molecular weight excluding hydrogens is 547 g/mol. The summed E-state index contributed by atoms with van der Waals surface area (Å²) in [4.78, 5) is 37.6. The minimum absolute atomic E-state index is 0.0397. The van der Waals surface area contributed by atoms with Gasteiger partial charge in [-0.25, -0.2) is 4.39 Å². The first-order valence-corrected chi connectivity index (χ1v) is 14.8. The third-order valence-corrected chi connectivity index (χ3v) is 8.45. The van der Waals surface area contributed by atoms with Crippen molar-refractivity contribution in [2.75, 3.05) is 24.5 Å². The predicted octanol–water partition coefficient (Wildman–Crippen LogP) is 5.84. The minimum atomic E-state index is -0.606. The fourth-order valence-electron chi connectivity index (χ4n) is 6.08. The summed E-state index contributed by atoms with van der Waals surface area (Å²) in [7, 11) is 0. The normalized spacial score (nSPS) is 16.0. The molecule has 2 unspecified atom stereocenters. The number of halogens is 1. The largest absolute Gasteiger partial charge is 0.451 e. The number of nitriles is 1. The number of benzene rings is 2. The smallest absolute Gasteiger partial charge is 0.256 e. The van der Waals surface area contributed by atoms with Crippen LogP contribution in [0.4, 0.5) is 10.1 Å². The van der Waals surface area contributed by atoms with E-state index < -0.39 is 17.2 Å². The van der Waals surface area contributed by atoms with Crippen LogP contribution >= 0.6 is 0 Å². The number of nitrogens with zero attached hydrogens (tertiary/aromatic N) is 5. The van der Waals surface area contributed by atoms with Crippen molar-refractivity contribution in [3.8, 4) is 23.3 Å². The van der Waals surface area contributed by atoms with Gasteiger partial charge in [-0.05, 0) is 43.0 Å². The molecule has 2 aromatic heterocycles. The quantitative estimate of drug-likeness (QED) is 0.233. The van der Waals surface area contributed by atoms with Crippen LogP contribution in [0.15, 0.2) is 53.8 Å². The summed E-state index contributed by atoms with van der Waals surface area (Å²) in [6.45, 7) is 5.79. The molecule has 10 heteroatoms. The van der Waals surface area contributed by atoms with Gasteiger partial charge in [-0.2, -0.15) is 5.26 Å². The Morgan fingerprint density at radius 2 is 2.14 bits per heavy atom. The molecule has 0 saturated carbocycles. The van der Waals surface area contributed by atoms with Crippen molar-refractivity contribution in [1.29, 1.82) is 5.26 Å². The summed E-state index contributed by atoms with van der Waals surface area (Å²) in [5, 5.41) is 12.5. The number of aromatic nitrogens is 3. The number of rotatable bonds is 9. The van der Waals surface area contributed by atoms with Gasteiger partial charge < -0.3 is 19.5 Å². The summed E-state index contributed by atoms with van der Waals surface area (Å²) in [5.41, 5.74) is 1.66. The Hall–Kier alpha value is -4.78. The minimum Gasteiger partial charge on any atom is -0.451 e. The molecule has 4 heterocycles. The number of fused-ring (bicyclic) bond motifs is 2. The van der Waals surface area contributed by atoms with Crippen LogP contribution in [-0.4, -0.2) is 40.1 Å². The van der Waals surface area contributed by atoms with Crippen LogP contribution in [0.1, 0.15) is 73.5 Å². The van der Waals surface area contributed by atoms with E-state index in [9.17, 15) is 14.9 Å². The molecule has 2 aliphatic heterocycles. The van der Waals surface area contributed by atoms with Crippen molar-refractivity contribution >= 4 is 22.5 Å². The number of carbonyl (C=O) groups excluding carboxylic acids is 1. The summed E-state index contributed by atoms with van der Waals surface area (Å²) < 4.78 is 24.1. The number of nitrogens with one attached hydrogen (secondary N) is 1. The van der Waals surface area contributed by atoms with Crippen LogP contribution in [0.2, 0.25) is 0 Å². The number of hydrogen-bond acceptors (Lipinski definition) is 7. The molecule has 0 bridgehead atoms.